The van der Waals surface area contributed by atoms with Crippen LogP contribution in [0.5, 0.6) is 0 Å². The molecule has 3 aromatic heterocycles. The number of carbonyl (C=O) groups excluding carboxylic acids is 1. The topological polar surface area (TPSA) is 73.6 Å². The van der Waals surface area contributed by atoms with Crippen molar-refractivity contribution in [3.8, 4) is 16.4 Å². The molecule has 0 fully saturated rings. The van der Waals surface area contributed by atoms with E-state index in [1.165, 1.54) is 11.3 Å². The SMILES string of the molecule is Cc1nc(-n2cc(-c3cccnc3)nn2)sc1C(=O)CCc1ccccc1. The second-order valence-corrected chi connectivity index (χ2v) is 7.09. The lowest BCUT2D eigenvalue weighted by Crippen LogP contribution is -2.00. The number of aromatic nitrogens is 5. The first kappa shape index (κ1) is 17.2. The highest BCUT2D eigenvalue weighted by molar-refractivity contribution is 7.16. The number of rotatable bonds is 6. The first-order valence-electron chi connectivity index (χ1n) is 8.58. The molecular weight excluding hydrogens is 358 g/mol. The van der Waals surface area contributed by atoms with Crippen LogP contribution < -0.4 is 0 Å². The fourth-order valence-corrected chi connectivity index (χ4v) is 3.72. The minimum Gasteiger partial charge on any atom is -0.293 e. The summed E-state index contributed by atoms with van der Waals surface area (Å²) in [5.74, 6) is 0.104. The van der Waals surface area contributed by atoms with Crippen LogP contribution in [-0.4, -0.2) is 30.7 Å². The number of pyridine rings is 1. The zero-order valence-electron chi connectivity index (χ0n) is 14.7. The molecule has 0 aliphatic carbocycles. The van der Waals surface area contributed by atoms with Crippen LogP contribution in [0.3, 0.4) is 0 Å². The molecule has 0 saturated carbocycles. The zero-order valence-corrected chi connectivity index (χ0v) is 15.6. The Labute approximate surface area is 160 Å². The van der Waals surface area contributed by atoms with Crippen molar-refractivity contribution < 1.29 is 4.79 Å². The van der Waals surface area contributed by atoms with Gasteiger partial charge in [-0.3, -0.25) is 9.78 Å². The molecule has 134 valence electrons. The van der Waals surface area contributed by atoms with Crippen molar-refractivity contribution in [2.24, 2.45) is 0 Å². The summed E-state index contributed by atoms with van der Waals surface area (Å²) in [5, 5.41) is 8.96. The zero-order chi connectivity index (χ0) is 18.6. The van der Waals surface area contributed by atoms with Gasteiger partial charge in [-0.05, 0) is 31.0 Å². The third-order valence-electron chi connectivity index (χ3n) is 4.17. The Morgan fingerprint density at radius 1 is 1.15 bits per heavy atom. The largest absolute Gasteiger partial charge is 0.293 e. The van der Waals surface area contributed by atoms with Gasteiger partial charge in [0.2, 0.25) is 5.13 Å². The van der Waals surface area contributed by atoms with Gasteiger partial charge in [0.15, 0.2) is 5.78 Å². The maximum absolute atomic E-state index is 12.6. The van der Waals surface area contributed by atoms with Gasteiger partial charge in [0.1, 0.15) is 5.69 Å². The van der Waals surface area contributed by atoms with E-state index in [1.807, 2.05) is 49.4 Å². The summed E-state index contributed by atoms with van der Waals surface area (Å²) >= 11 is 1.35. The van der Waals surface area contributed by atoms with Crippen LogP contribution in [0.1, 0.15) is 27.3 Å². The number of aryl methyl sites for hydroxylation is 2. The van der Waals surface area contributed by atoms with Crippen LogP contribution in [0.2, 0.25) is 0 Å². The molecule has 0 unspecified atom stereocenters. The van der Waals surface area contributed by atoms with Crippen LogP contribution >= 0.6 is 11.3 Å². The molecule has 0 bridgehead atoms. The number of hydrogen-bond acceptors (Lipinski definition) is 6. The molecule has 0 N–H and O–H groups in total. The number of hydrogen-bond donors (Lipinski definition) is 0. The maximum Gasteiger partial charge on any atom is 0.212 e. The summed E-state index contributed by atoms with van der Waals surface area (Å²) < 4.78 is 1.61. The normalized spacial score (nSPS) is 10.9. The number of ketones is 1. The molecule has 4 aromatic rings. The fraction of sp³-hybridized carbons (Fsp3) is 0.150. The maximum atomic E-state index is 12.6. The highest BCUT2D eigenvalue weighted by Gasteiger charge is 2.17. The Morgan fingerprint density at radius 3 is 2.78 bits per heavy atom. The van der Waals surface area contributed by atoms with Crippen LogP contribution in [0.4, 0.5) is 0 Å². The predicted octanol–water partition coefficient (Wildman–Crippen LogP) is 3.91. The Hall–Kier alpha value is -3.19. The summed E-state index contributed by atoms with van der Waals surface area (Å²) in [7, 11) is 0. The van der Waals surface area contributed by atoms with Gasteiger partial charge in [-0.1, -0.05) is 46.9 Å². The summed E-state index contributed by atoms with van der Waals surface area (Å²) in [6, 6.07) is 13.8. The van der Waals surface area contributed by atoms with E-state index in [0.717, 1.165) is 23.2 Å². The van der Waals surface area contributed by atoms with Gasteiger partial charge in [-0.2, -0.15) is 4.68 Å². The number of benzene rings is 1. The van der Waals surface area contributed by atoms with Crippen LogP contribution in [0.15, 0.2) is 61.1 Å². The fourth-order valence-electron chi connectivity index (χ4n) is 2.76. The van der Waals surface area contributed by atoms with Gasteiger partial charge >= 0.3 is 0 Å². The van der Waals surface area contributed by atoms with Crippen molar-refractivity contribution >= 4 is 17.1 Å². The molecule has 7 heteroatoms. The molecule has 1 aromatic carbocycles. The quantitative estimate of drug-likeness (QED) is 0.478. The van der Waals surface area contributed by atoms with Gasteiger partial charge in [0.25, 0.3) is 0 Å². The molecule has 0 atom stereocenters. The van der Waals surface area contributed by atoms with E-state index in [0.29, 0.717) is 22.1 Å². The monoisotopic (exact) mass is 375 g/mol. The molecule has 0 amide bonds. The van der Waals surface area contributed by atoms with Crippen molar-refractivity contribution in [1.29, 1.82) is 0 Å². The smallest absolute Gasteiger partial charge is 0.212 e. The predicted molar refractivity (Wildman–Crippen MR) is 104 cm³/mol. The average Bonchev–Trinajstić information content (AvgIpc) is 3.35. The van der Waals surface area contributed by atoms with Crippen molar-refractivity contribution in [3.05, 3.63) is 77.2 Å². The van der Waals surface area contributed by atoms with Crippen molar-refractivity contribution in [3.63, 3.8) is 0 Å². The average molecular weight is 375 g/mol. The Kier molecular flexibility index (Phi) is 4.84. The van der Waals surface area contributed by atoms with E-state index in [2.05, 4.69) is 20.3 Å². The van der Waals surface area contributed by atoms with Gasteiger partial charge in [-0.25, -0.2) is 4.98 Å². The summed E-state index contributed by atoms with van der Waals surface area (Å²) in [5.41, 5.74) is 3.49. The van der Waals surface area contributed by atoms with Gasteiger partial charge in [0, 0.05) is 24.4 Å². The Bertz CT molecular complexity index is 1060. The molecule has 0 spiro atoms. The molecule has 0 aliphatic rings. The first-order valence-corrected chi connectivity index (χ1v) is 9.40. The summed E-state index contributed by atoms with van der Waals surface area (Å²) in [4.78, 5) is 21.9. The summed E-state index contributed by atoms with van der Waals surface area (Å²) in [6.07, 6.45) is 6.44. The van der Waals surface area contributed by atoms with Crippen LogP contribution in [0, 0.1) is 6.92 Å². The Balaban J connectivity index is 1.51. The minimum atomic E-state index is 0.104. The molecule has 0 aliphatic heterocycles. The van der Waals surface area contributed by atoms with Crippen molar-refractivity contribution in [2.75, 3.05) is 0 Å². The lowest BCUT2D eigenvalue weighted by atomic mass is 10.1. The number of Topliss-reactive ketones (excluding diaryl/α,β-unsaturated/α-hetero) is 1. The highest BCUT2D eigenvalue weighted by Crippen LogP contribution is 2.24. The standard InChI is InChI=1S/C20H17N5OS/c1-14-19(18(26)10-9-15-6-3-2-4-7-15)27-20(22-14)25-13-17(23-24-25)16-8-5-11-21-12-16/h2-8,11-13H,9-10H2,1H3. The third kappa shape index (κ3) is 3.83. The lowest BCUT2D eigenvalue weighted by Gasteiger charge is -2.00. The van der Waals surface area contributed by atoms with E-state index >= 15 is 0 Å². The van der Waals surface area contributed by atoms with E-state index in [-0.39, 0.29) is 5.78 Å². The van der Waals surface area contributed by atoms with Crippen LogP contribution in [0.25, 0.3) is 16.4 Å². The van der Waals surface area contributed by atoms with Crippen LogP contribution in [-0.2, 0) is 6.42 Å². The number of nitrogens with zero attached hydrogens (tertiary/aromatic N) is 5. The molecule has 0 radical (unpaired) electrons. The molecular formula is C20H17N5OS. The van der Waals surface area contributed by atoms with Gasteiger partial charge < -0.3 is 0 Å². The molecule has 3 heterocycles. The van der Waals surface area contributed by atoms with Gasteiger partial charge in [0.05, 0.1) is 16.8 Å². The Morgan fingerprint density at radius 2 is 2.00 bits per heavy atom. The molecule has 0 saturated heterocycles. The van der Waals surface area contributed by atoms with Gasteiger partial charge in [-0.15, -0.1) is 5.10 Å². The first-order chi connectivity index (χ1) is 13.2. The number of thiazole rings is 1. The van der Waals surface area contributed by atoms with Crippen molar-refractivity contribution in [2.45, 2.75) is 19.8 Å². The molecule has 6 nitrogen and oxygen atoms in total. The van der Waals surface area contributed by atoms with Crippen molar-refractivity contribution in [1.82, 2.24) is 25.0 Å². The second-order valence-electron chi connectivity index (χ2n) is 6.11. The van der Waals surface area contributed by atoms with E-state index in [9.17, 15) is 4.79 Å². The molecule has 4 rings (SSSR count). The lowest BCUT2D eigenvalue weighted by molar-refractivity contribution is 0.0986. The second kappa shape index (κ2) is 7.59. The number of carbonyl (C=O) groups is 1. The summed E-state index contributed by atoms with van der Waals surface area (Å²) in [6.45, 7) is 1.86. The third-order valence-corrected chi connectivity index (χ3v) is 5.36. The highest BCUT2D eigenvalue weighted by atomic mass is 32.1. The van der Waals surface area contributed by atoms with E-state index < -0.39 is 0 Å². The minimum absolute atomic E-state index is 0.104. The molecule has 27 heavy (non-hydrogen) atoms. The van der Waals surface area contributed by atoms with E-state index in [1.54, 1.807) is 23.3 Å². The van der Waals surface area contributed by atoms with E-state index in [4.69, 9.17) is 0 Å².